The van der Waals surface area contributed by atoms with E-state index in [0.29, 0.717) is 0 Å². The number of hydrogen-bond acceptors (Lipinski definition) is 1. The maximum absolute atomic E-state index is 4.83. The first kappa shape index (κ1) is 26.4. The fourth-order valence-electron chi connectivity index (χ4n) is 3.74. The SMILES string of the molecule is CCOCC.C[Si](C)([C]1[CH][CH][C]2C=CC=C[C]21)[C]1[CH][CH][C]2C=CC=C[C]21.[Li+].[Li+]. The summed E-state index contributed by atoms with van der Waals surface area (Å²) in [4.78, 5) is 0. The fraction of sp³-hybridized carbons (Fsp3) is 0.250. The second-order valence-corrected chi connectivity index (χ2v) is 11.4. The smallest absolute Gasteiger partial charge is 0.382 e. The summed E-state index contributed by atoms with van der Waals surface area (Å²) in [5.41, 5.74) is 3.10. The molecule has 134 valence electrons. The van der Waals surface area contributed by atoms with E-state index in [0.717, 1.165) is 13.2 Å². The van der Waals surface area contributed by atoms with Crippen LogP contribution in [0.25, 0.3) is 0 Å². The normalized spacial score (nSPS) is 23.0. The van der Waals surface area contributed by atoms with Crippen LogP contribution >= 0.6 is 0 Å². The summed E-state index contributed by atoms with van der Waals surface area (Å²) in [7, 11) is -1.68. The second-order valence-electron chi connectivity index (χ2n) is 7.07. The molecule has 4 aliphatic rings. The van der Waals surface area contributed by atoms with Crippen LogP contribution in [-0.4, -0.2) is 21.3 Å². The van der Waals surface area contributed by atoms with E-state index in [4.69, 9.17) is 4.74 Å². The van der Waals surface area contributed by atoms with E-state index < -0.39 is 8.07 Å². The molecule has 0 amide bonds. The minimum atomic E-state index is -1.68. The molecule has 4 aliphatic carbocycles. The van der Waals surface area contributed by atoms with Crippen LogP contribution in [0.5, 0.6) is 0 Å². The molecule has 0 saturated heterocycles. The maximum atomic E-state index is 4.83. The molecular formula is C24H28Li2OSi+2. The fourth-order valence-corrected chi connectivity index (χ4v) is 6.83. The Morgan fingerprint density at radius 1 is 0.643 bits per heavy atom. The monoisotopic (exact) mass is 374 g/mol. The summed E-state index contributed by atoms with van der Waals surface area (Å²) in [5, 5.41) is 0. The third kappa shape index (κ3) is 5.72. The summed E-state index contributed by atoms with van der Waals surface area (Å²) in [5.74, 6) is 5.59. The van der Waals surface area contributed by atoms with Crippen molar-refractivity contribution < 1.29 is 42.5 Å². The quantitative estimate of drug-likeness (QED) is 0.596. The van der Waals surface area contributed by atoms with Crippen molar-refractivity contribution in [2.45, 2.75) is 26.9 Å². The second kappa shape index (κ2) is 12.3. The first-order chi connectivity index (χ1) is 12.6. The van der Waals surface area contributed by atoms with Gasteiger partial charge in [0.1, 0.15) is 0 Å². The van der Waals surface area contributed by atoms with E-state index >= 15 is 0 Å². The van der Waals surface area contributed by atoms with Crippen LogP contribution in [0.3, 0.4) is 0 Å². The van der Waals surface area contributed by atoms with Crippen molar-refractivity contribution >= 4 is 8.07 Å². The largest absolute Gasteiger partial charge is 1.00 e. The predicted octanol–water partition coefficient (Wildman–Crippen LogP) is -0.633. The van der Waals surface area contributed by atoms with Gasteiger partial charge < -0.3 is 4.74 Å². The zero-order chi connectivity index (χ0) is 18.6. The van der Waals surface area contributed by atoms with Gasteiger partial charge in [-0.25, -0.2) is 0 Å². The van der Waals surface area contributed by atoms with Gasteiger partial charge in [0, 0.05) is 36.9 Å². The van der Waals surface area contributed by atoms with Crippen LogP contribution in [0, 0.1) is 60.4 Å². The van der Waals surface area contributed by atoms with Gasteiger partial charge in [0.25, 0.3) is 0 Å². The van der Waals surface area contributed by atoms with E-state index in [2.05, 4.69) is 87.4 Å². The molecule has 28 heavy (non-hydrogen) atoms. The third-order valence-electron chi connectivity index (χ3n) is 5.12. The van der Waals surface area contributed by atoms with Gasteiger partial charge in [-0.05, 0) is 50.6 Å². The zero-order valence-electron chi connectivity index (χ0n) is 18.3. The van der Waals surface area contributed by atoms with Gasteiger partial charge in [-0.3, -0.25) is 0 Å². The number of allylic oxidation sites excluding steroid dienone is 8. The van der Waals surface area contributed by atoms with Gasteiger partial charge in [-0.1, -0.05) is 61.7 Å². The molecule has 0 aromatic carbocycles. The molecule has 4 rings (SSSR count). The summed E-state index contributed by atoms with van der Waals surface area (Å²) < 4.78 is 4.83. The first-order valence-electron chi connectivity index (χ1n) is 9.47. The van der Waals surface area contributed by atoms with Crippen molar-refractivity contribution in [1.82, 2.24) is 0 Å². The van der Waals surface area contributed by atoms with E-state index in [9.17, 15) is 0 Å². The van der Waals surface area contributed by atoms with Crippen LogP contribution in [0.2, 0.25) is 13.1 Å². The molecule has 1 nitrogen and oxygen atoms in total. The van der Waals surface area contributed by atoms with Crippen LogP contribution < -0.4 is 37.7 Å². The van der Waals surface area contributed by atoms with Crippen molar-refractivity contribution in [3.63, 3.8) is 0 Å². The Kier molecular flexibility index (Phi) is 11.5. The molecule has 0 unspecified atom stereocenters. The van der Waals surface area contributed by atoms with E-state index in [-0.39, 0.29) is 37.7 Å². The molecule has 10 radical (unpaired) electrons. The molecular weight excluding hydrogens is 346 g/mol. The Bertz CT molecular complexity index is 533. The Morgan fingerprint density at radius 3 is 1.39 bits per heavy atom. The Labute approximate surface area is 198 Å². The molecule has 0 N–H and O–H groups in total. The van der Waals surface area contributed by atoms with Crippen molar-refractivity contribution in [3.05, 3.63) is 109 Å². The summed E-state index contributed by atoms with van der Waals surface area (Å²) in [6, 6.07) is 0. The van der Waals surface area contributed by atoms with Gasteiger partial charge in [0.15, 0.2) is 0 Å². The standard InChI is InChI=1S/C20H18Si.C4H10O.2Li/c1-21(2,19-13-11-15-7-3-5-9-17(15)19)20-14-12-16-8-4-6-10-18(16)20;1-3-5-4-2;;/h3-14H,1-2H3;3-4H2,1-2H3;;/q;;2*+1. The third-order valence-corrected chi connectivity index (χ3v) is 8.68. The molecule has 0 atom stereocenters. The molecule has 4 heteroatoms. The molecule has 2 saturated carbocycles. The molecule has 0 aromatic heterocycles. The average Bonchev–Trinajstić information content (AvgIpc) is 3.28. The molecule has 0 heterocycles. The Morgan fingerprint density at radius 2 is 1.04 bits per heavy atom. The molecule has 0 aromatic rings. The van der Waals surface area contributed by atoms with Crippen molar-refractivity contribution in [2.24, 2.45) is 0 Å². The van der Waals surface area contributed by atoms with Crippen molar-refractivity contribution in [2.75, 3.05) is 13.2 Å². The average molecular weight is 374 g/mol. The van der Waals surface area contributed by atoms with Gasteiger partial charge in [-0.15, -0.1) is 0 Å². The van der Waals surface area contributed by atoms with E-state index in [1.807, 2.05) is 13.8 Å². The molecule has 0 aliphatic heterocycles. The van der Waals surface area contributed by atoms with Crippen LogP contribution in [0.1, 0.15) is 13.8 Å². The number of fused-ring (bicyclic) bond motifs is 2. The topological polar surface area (TPSA) is 9.23 Å². The Balaban J connectivity index is 0.000000504. The molecule has 2 fully saturated rings. The van der Waals surface area contributed by atoms with Gasteiger partial charge in [0.2, 0.25) is 0 Å². The molecule has 0 bridgehead atoms. The minimum absolute atomic E-state index is 0. The van der Waals surface area contributed by atoms with Gasteiger partial charge in [0.05, 0.1) is 8.07 Å². The van der Waals surface area contributed by atoms with E-state index in [1.165, 1.54) is 23.7 Å². The first-order valence-corrected chi connectivity index (χ1v) is 12.5. The van der Waals surface area contributed by atoms with E-state index in [1.54, 1.807) is 11.1 Å². The zero-order valence-corrected chi connectivity index (χ0v) is 19.3. The van der Waals surface area contributed by atoms with Crippen LogP contribution in [-0.2, 0) is 4.74 Å². The number of ether oxygens (including phenoxy) is 1. The summed E-state index contributed by atoms with van der Waals surface area (Å²) in [6.07, 6.45) is 26.7. The number of rotatable bonds is 4. The molecule has 0 spiro atoms. The van der Waals surface area contributed by atoms with Crippen molar-refractivity contribution in [3.8, 4) is 0 Å². The number of hydrogen-bond donors (Lipinski definition) is 0. The Hall–Kier alpha value is 0.332. The van der Waals surface area contributed by atoms with Gasteiger partial charge in [-0.2, -0.15) is 0 Å². The van der Waals surface area contributed by atoms with Crippen LogP contribution in [0.15, 0.2) is 48.6 Å². The van der Waals surface area contributed by atoms with Crippen molar-refractivity contribution in [1.29, 1.82) is 0 Å². The minimum Gasteiger partial charge on any atom is -0.382 e. The van der Waals surface area contributed by atoms with Gasteiger partial charge >= 0.3 is 37.7 Å². The summed E-state index contributed by atoms with van der Waals surface area (Å²) >= 11 is 0. The van der Waals surface area contributed by atoms with Crippen LogP contribution in [0.4, 0.5) is 0 Å². The predicted molar refractivity (Wildman–Crippen MR) is 113 cm³/mol. The maximum Gasteiger partial charge on any atom is 1.00 e. The summed E-state index contributed by atoms with van der Waals surface area (Å²) in [6.45, 7) is 10.6.